The Balaban J connectivity index is 1.75. The Morgan fingerprint density at radius 2 is 1.50 bits per heavy atom. The van der Waals surface area contributed by atoms with E-state index < -0.39 is 17.9 Å². The second kappa shape index (κ2) is 8.89. The van der Waals surface area contributed by atoms with E-state index in [1.54, 1.807) is 19.1 Å². The summed E-state index contributed by atoms with van der Waals surface area (Å²) in [6, 6.07) is 13.1. The van der Waals surface area contributed by atoms with Crippen molar-refractivity contribution in [1.82, 2.24) is 10.9 Å². The number of hydrazine groups is 1. The fourth-order valence-corrected chi connectivity index (χ4v) is 2.31. The maximum Gasteiger partial charge on any atom is 0.279 e. The molecule has 6 nitrogen and oxygen atoms in total. The average Bonchev–Trinajstić information content (AvgIpc) is 2.59. The van der Waals surface area contributed by atoms with E-state index in [4.69, 9.17) is 9.47 Å². The predicted molar refractivity (Wildman–Crippen MR) is 99.0 cm³/mol. The van der Waals surface area contributed by atoms with Gasteiger partial charge in [-0.15, -0.1) is 0 Å². The number of carbonyl (C=O) groups excluding carboxylic acids is 2. The molecule has 1 atom stereocenters. The molecule has 0 aromatic heterocycles. The highest BCUT2D eigenvalue weighted by Crippen LogP contribution is 2.16. The molecule has 0 aliphatic heterocycles. The average molecular weight is 356 g/mol. The summed E-state index contributed by atoms with van der Waals surface area (Å²) >= 11 is 0. The maximum atomic E-state index is 12.0. The predicted octanol–water partition coefficient (Wildman–Crippen LogP) is 2.61. The van der Waals surface area contributed by atoms with Crippen molar-refractivity contribution in [2.75, 3.05) is 6.61 Å². The van der Waals surface area contributed by atoms with Crippen molar-refractivity contribution in [2.45, 2.75) is 33.8 Å². The second-order valence-corrected chi connectivity index (χ2v) is 6.22. The van der Waals surface area contributed by atoms with E-state index in [0.29, 0.717) is 11.5 Å². The molecule has 2 aromatic rings. The first-order valence-corrected chi connectivity index (χ1v) is 8.36. The number of hydrogen-bond donors (Lipinski definition) is 2. The molecule has 2 aromatic carbocycles. The maximum absolute atomic E-state index is 12.0. The Bertz CT molecular complexity index is 752. The van der Waals surface area contributed by atoms with Crippen LogP contribution in [0.2, 0.25) is 0 Å². The lowest BCUT2D eigenvalue weighted by Crippen LogP contribution is -2.48. The molecule has 0 bridgehead atoms. The van der Waals surface area contributed by atoms with Gasteiger partial charge in [-0.05, 0) is 63.1 Å². The summed E-state index contributed by atoms with van der Waals surface area (Å²) in [4.78, 5) is 23.8. The molecular weight excluding hydrogens is 332 g/mol. The van der Waals surface area contributed by atoms with Gasteiger partial charge in [0, 0.05) is 0 Å². The number of rotatable bonds is 6. The first-order valence-electron chi connectivity index (χ1n) is 8.36. The monoisotopic (exact) mass is 356 g/mol. The number of nitrogens with one attached hydrogen (secondary N) is 2. The third kappa shape index (κ3) is 6.12. The van der Waals surface area contributed by atoms with Crippen molar-refractivity contribution in [2.24, 2.45) is 0 Å². The van der Waals surface area contributed by atoms with E-state index in [0.717, 1.165) is 16.7 Å². The molecule has 6 heteroatoms. The van der Waals surface area contributed by atoms with Gasteiger partial charge in [0.15, 0.2) is 12.7 Å². The van der Waals surface area contributed by atoms with E-state index in [2.05, 4.69) is 10.9 Å². The Kier molecular flexibility index (Phi) is 6.60. The van der Waals surface area contributed by atoms with E-state index in [1.165, 1.54) is 0 Å². The first kappa shape index (κ1) is 19.3. The number of ether oxygens (including phenoxy) is 2. The van der Waals surface area contributed by atoms with E-state index in [1.807, 2.05) is 51.1 Å². The fourth-order valence-electron chi connectivity index (χ4n) is 2.31. The molecule has 0 radical (unpaired) electrons. The minimum atomic E-state index is -0.752. The van der Waals surface area contributed by atoms with Crippen LogP contribution in [0.4, 0.5) is 0 Å². The van der Waals surface area contributed by atoms with E-state index in [-0.39, 0.29) is 6.61 Å². The van der Waals surface area contributed by atoms with Gasteiger partial charge in [-0.3, -0.25) is 20.4 Å². The van der Waals surface area contributed by atoms with Gasteiger partial charge in [-0.25, -0.2) is 0 Å². The lowest BCUT2D eigenvalue weighted by atomic mass is 10.1. The summed E-state index contributed by atoms with van der Waals surface area (Å²) < 4.78 is 11.0. The molecule has 2 amide bonds. The van der Waals surface area contributed by atoms with E-state index >= 15 is 0 Å². The van der Waals surface area contributed by atoms with Gasteiger partial charge in [-0.2, -0.15) is 0 Å². The van der Waals surface area contributed by atoms with Gasteiger partial charge < -0.3 is 9.47 Å². The molecule has 0 heterocycles. The van der Waals surface area contributed by atoms with Gasteiger partial charge in [0.05, 0.1) is 0 Å². The van der Waals surface area contributed by atoms with Crippen LogP contribution >= 0.6 is 0 Å². The van der Waals surface area contributed by atoms with Crippen LogP contribution in [-0.4, -0.2) is 24.5 Å². The van der Waals surface area contributed by atoms with Crippen LogP contribution in [0.3, 0.4) is 0 Å². The molecule has 2 N–H and O–H groups in total. The van der Waals surface area contributed by atoms with Crippen LogP contribution in [0.5, 0.6) is 11.5 Å². The standard InChI is InChI=1S/C20H24N2O4/c1-13-5-7-17(8-6-13)26-16(4)20(24)22-21-19(23)12-25-18-10-14(2)9-15(3)11-18/h5-11,16H,12H2,1-4H3,(H,21,23)(H,22,24). The SMILES string of the molecule is Cc1ccc(OC(C)C(=O)NNC(=O)COc2cc(C)cc(C)c2)cc1. The Labute approximate surface area is 153 Å². The topological polar surface area (TPSA) is 76.7 Å². The van der Waals surface area contributed by atoms with Crippen LogP contribution in [0, 0.1) is 20.8 Å². The Morgan fingerprint density at radius 3 is 2.12 bits per heavy atom. The second-order valence-electron chi connectivity index (χ2n) is 6.22. The lowest BCUT2D eigenvalue weighted by Gasteiger charge is -2.15. The fraction of sp³-hybridized carbons (Fsp3) is 0.300. The highest BCUT2D eigenvalue weighted by atomic mass is 16.5. The molecule has 26 heavy (non-hydrogen) atoms. The molecule has 2 rings (SSSR count). The molecule has 0 aliphatic rings. The molecule has 1 unspecified atom stereocenters. The van der Waals surface area contributed by atoms with Crippen LogP contribution in [0.25, 0.3) is 0 Å². The molecular formula is C20H24N2O4. The molecule has 0 spiro atoms. The zero-order chi connectivity index (χ0) is 19.1. The number of aryl methyl sites for hydroxylation is 3. The van der Waals surface area contributed by atoms with Crippen LogP contribution in [-0.2, 0) is 9.59 Å². The largest absolute Gasteiger partial charge is 0.484 e. The summed E-state index contributed by atoms with van der Waals surface area (Å²) in [5, 5.41) is 0. The third-order valence-electron chi connectivity index (χ3n) is 3.59. The van der Waals surface area contributed by atoms with E-state index in [9.17, 15) is 9.59 Å². The number of carbonyl (C=O) groups is 2. The number of benzene rings is 2. The third-order valence-corrected chi connectivity index (χ3v) is 3.59. The van der Waals surface area contributed by atoms with Crippen LogP contribution < -0.4 is 20.3 Å². The quantitative estimate of drug-likeness (QED) is 0.780. The number of amides is 2. The van der Waals surface area contributed by atoms with Crippen LogP contribution in [0.1, 0.15) is 23.6 Å². The normalized spacial score (nSPS) is 11.4. The minimum Gasteiger partial charge on any atom is -0.484 e. The summed E-state index contributed by atoms with van der Waals surface area (Å²) in [5.74, 6) is 0.285. The summed E-state index contributed by atoms with van der Waals surface area (Å²) in [7, 11) is 0. The smallest absolute Gasteiger partial charge is 0.279 e. The van der Waals surface area contributed by atoms with Crippen molar-refractivity contribution in [3.8, 4) is 11.5 Å². The zero-order valence-corrected chi connectivity index (χ0v) is 15.5. The molecule has 138 valence electrons. The van der Waals surface area contributed by atoms with Crippen LogP contribution in [0.15, 0.2) is 42.5 Å². The van der Waals surface area contributed by atoms with Gasteiger partial charge in [0.25, 0.3) is 11.8 Å². The molecule has 0 saturated carbocycles. The first-order chi connectivity index (χ1) is 12.3. The Morgan fingerprint density at radius 1 is 0.885 bits per heavy atom. The highest BCUT2D eigenvalue weighted by Gasteiger charge is 2.15. The Hall–Kier alpha value is -3.02. The lowest BCUT2D eigenvalue weighted by molar-refractivity contribution is -0.133. The number of hydrogen-bond acceptors (Lipinski definition) is 4. The van der Waals surface area contributed by atoms with Crippen molar-refractivity contribution in [3.63, 3.8) is 0 Å². The van der Waals surface area contributed by atoms with Gasteiger partial charge in [0.2, 0.25) is 0 Å². The van der Waals surface area contributed by atoms with Gasteiger partial charge >= 0.3 is 0 Å². The highest BCUT2D eigenvalue weighted by molar-refractivity contribution is 5.85. The molecule has 0 saturated heterocycles. The summed E-state index contributed by atoms with van der Waals surface area (Å²) in [6.45, 7) is 7.28. The summed E-state index contributed by atoms with van der Waals surface area (Å²) in [5.41, 5.74) is 7.85. The molecule has 0 aliphatic carbocycles. The van der Waals surface area contributed by atoms with Crippen molar-refractivity contribution < 1.29 is 19.1 Å². The van der Waals surface area contributed by atoms with Gasteiger partial charge in [0.1, 0.15) is 11.5 Å². The molecule has 0 fully saturated rings. The van der Waals surface area contributed by atoms with Crippen molar-refractivity contribution >= 4 is 11.8 Å². The van der Waals surface area contributed by atoms with Crippen molar-refractivity contribution in [3.05, 3.63) is 59.2 Å². The van der Waals surface area contributed by atoms with Gasteiger partial charge in [-0.1, -0.05) is 23.8 Å². The van der Waals surface area contributed by atoms with Crippen molar-refractivity contribution in [1.29, 1.82) is 0 Å². The minimum absolute atomic E-state index is 0.198. The zero-order valence-electron chi connectivity index (χ0n) is 15.5. The summed E-state index contributed by atoms with van der Waals surface area (Å²) in [6.07, 6.45) is -0.752.